The fourth-order valence-electron chi connectivity index (χ4n) is 5.58. The van der Waals surface area contributed by atoms with Gasteiger partial charge in [0.25, 0.3) is 11.8 Å². The summed E-state index contributed by atoms with van der Waals surface area (Å²) < 4.78 is 12.1. The Morgan fingerprint density at radius 3 is 2.15 bits per heavy atom. The lowest BCUT2D eigenvalue weighted by Crippen LogP contribution is -2.61. The van der Waals surface area contributed by atoms with E-state index >= 15 is 0 Å². The van der Waals surface area contributed by atoms with E-state index in [-0.39, 0.29) is 51.4 Å². The average Bonchev–Trinajstić information content (AvgIpc) is 3.10. The lowest BCUT2D eigenvalue weighted by Gasteiger charge is -2.41. The molecule has 13 nitrogen and oxygen atoms in total. The van der Waals surface area contributed by atoms with Crippen molar-refractivity contribution in [2.24, 2.45) is 0 Å². The van der Waals surface area contributed by atoms with E-state index in [1.807, 2.05) is 30.3 Å². The Hall–Kier alpha value is -5.46. The van der Waals surface area contributed by atoms with E-state index in [2.05, 4.69) is 26.3 Å². The minimum atomic E-state index is -1.40. The van der Waals surface area contributed by atoms with Crippen LogP contribution in [0.25, 0.3) is 0 Å². The van der Waals surface area contributed by atoms with Crippen molar-refractivity contribution >= 4 is 29.5 Å². The van der Waals surface area contributed by atoms with Crippen LogP contribution < -0.4 is 30.7 Å². The summed E-state index contributed by atoms with van der Waals surface area (Å²) in [6.45, 7) is 3.91. The summed E-state index contributed by atoms with van der Waals surface area (Å²) in [5, 5.41) is 11.0. The molecule has 3 aromatic rings. The first-order chi connectivity index (χ1) is 23.1. The molecule has 3 atom stereocenters. The van der Waals surface area contributed by atoms with Gasteiger partial charge in [-0.2, -0.15) is 0 Å². The predicted octanol–water partition coefficient (Wildman–Crippen LogP) is 1.38. The minimum absolute atomic E-state index is 0.158. The maximum absolute atomic E-state index is 14.0. The van der Waals surface area contributed by atoms with Crippen LogP contribution in [0, 0.1) is 0 Å². The number of benzene rings is 2. The first-order valence-corrected chi connectivity index (χ1v) is 16.0. The van der Waals surface area contributed by atoms with Gasteiger partial charge in [0.05, 0.1) is 6.54 Å². The van der Waals surface area contributed by atoms with Gasteiger partial charge in [-0.3, -0.25) is 29.0 Å². The highest BCUT2D eigenvalue weighted by atomic mass is 16.5. The number of nitrogens with one attached hydrogen (secondary N) is 4. The third kappa shape index (κ3) is 8.46. The van der Waals surface area contributed by atoms with E-state index in [1.165, 1.54) is 6.92 Å². The van der Waals surface area contributed by atoms with Crippen molar-refractivity contribution in [2.75, 3.05) is 26.2 Å². The van der Waals surface area contributed by atoms with Gasteiger partial charge in [-0.15, -0.1) is 0 Å². The molecule has 3 aliphatic rings. The van der Waals surface area contributed by atoms with Gasteiger partial charge in [-0.1, -0.05) is 30.3 Å². The Morgan fingerprint density at radius 2 is 1.46 bits per heavy atom. The molecule has 4 heterocycles. The molecule has 0 unspecified atom stereocenters. The van der Waals surface area contributed by atoms with Crippen molar-refractivity contribution in [3.8, 4) is 11.5 Å². The smallest absolute Gasteiger partial charge is 0.264 e. The van der Waals surface area contributed by atoms with Crippen molar-refractivity contribution in [1.29, 1.82) is 0 Å². The fraction of sp³-hybridized carbons (Fsp3) is 0.371. The van der Waals surface area contributed by atoms with Crippen molar-refractivity contribution in [1.82, 2.24) is 31.2 Å². The Kier molecular flexibility index (Phi) is 10.9. The summed E-state index contributed by atoms with van der Waals surface area (Å²) in [5.41, 5.74) is -0.108. The van der Waals surface area contributed by atoms with Crippen LogP contribution in [0.5, 0.6) is 11.5 Å². The highest BCUT2D eigenvalue weighted by molar-refractivity contribution is 5.96. The lowest BCUT2D eigenvalue weighted by atomic mass is 9.89. The number of hydrogen-bond acceptors (Lipinski definition) is 8. The summed E-state index contributed by atoms with van der Waals surface area (Å²) in [7, 11) is 0. The van der Waals surface area contributed by atoms with E-state index in [9.17, 15) is 24.0 Å². The molecule has 3 aliphatic heterocycles. The number of carbonyl (C=O) groups excluding carboxylic acids is 5. The van der Waals surface area contributed by atoms with Crippen molar-refractivity contribution < 1.29 is 33.4 Å². The predicted molar refractivity (Wildman–Crippen MR) is 175 cm³/mol. The Bertz CT molecular complexity index is 1590. The van der Waals surface area contributed by atoms with Crippen LogP contribution in [-0.2, 0) is 25.6 Å². The molecule has 0 saturated carbocycles. The summed E-state index contributed by atoms with van der Waals surface area (Å²) in [5.74, 6) is -1.32. The van der Waals surface area contributed by atoms with Crippen LogP contribution in [0.3, 0.4) is 0 Å². The van der Waals surface area contributed by atoms with E-state index in [4.69, 9.17) is 9.47 Å². The number of likely N-dealkylation sites (tertiary alicyclic amines) is 1. The van der Waals surface area contributed by atoms with Crippen LogP contribution in [0.1, 0.15) is 42.6 Å². The normalized spacial score (nSPS) is 22.3. The monoisotopic (exact) mass is 656 g/mol. The molecular formula is C35H40N6O7. The first kappa shape index (κ1) is 33.9. The number of rotatable bonds is 3. The summed E-state index contributed by atoms with van der Waals surface area (Å²) >= 11 is 0. The Morgan fingerprint density at radius 1 is 0.812 bits per heavy atom. The van der Waals surface area contributed by atoms with Crippen LogP contribution in [0.4, 0.5) is 0 Å². The van der Waals surface area contributed by atoms with E-state index < -0.39 is 47.4 Å². The number of hydrogen-bond donors (Lipinski definition) is 4. The maximum atomic E-state index is 14.0. The van der Waals surface area contributed by atoms with Crippen LogP contribution in [-0.4, -0.2) is 89.4 Å². The van der Waals surface area contributed by atoms with Crippen LogP contribution in [0.15, 0.2) is 79.1 Å². The summed E-state index contributed by atoms with van der Waals surface area (Å²) in [6.07, 6.45) is 3.59. The standard InChI is InChI=1S/C35H40N6O7/c1-23-30(42)37-18-21-47-27-8-10-28(11-9-27)48-35(14-19-41(20-15-35)33(45)26-12-16-36-17-13-26)34(46)39-24(2)31(43)40-29(32(44)38-23)22-25-6-4-3-5-7-25/h3-13,16-17,23-24,29H,14-15,18-22H2,1-2H3,(H,37,42)(H,38,44)(H,39,46)(H,40,43)/t23-,24-,29-/m0/s1. The molecule has 4 N–H and O–H groups in total. The first-order valence-electron chi connectivity index (χ1n) is 16.0. The van der Waals surface area contributed by atoms with Gasteiger partial charge < -0.3 is 35.6 Å². The van der Waals surface area contributed by atoms with Gasteiger partial charge >= 0.3 is 0 Å². The van der Waals surface area contributed by atoms with Gasteiger partial charge in [0, 0.05) is 50.3 Å². The van der Waals surface area contributed by atoms with Crippen molar-refractivity contribution in [2.45, 2.75) is 56.8 Å². The van der Waals surface area contributed by atoms with Crippen molar-refractivity contribution in [3.63, 3.8) is 0 Å². The molecule has 1 aromatic heterocycles. The Balaban J connectivity index is 1.38. The SMILES string of the molecule is C[C@@H]1NC(=O)[C@H](Cc2ccccc2)NC(=O)[C@H](C)NC(=O)C2(CCN(C(=O)c3ccncc3)CC2)Oc2ccc(cc2)OCCNC1=O. The zero-order valence-corrected chi connectivity index (χ0v) is 26.9. The maximum Gasteiger partial charge on any atom is 0.264 e. The highest BCUT2D eigenvalue weighted by Crippen LogP contribution is 2.31. The Labute approximate surface area is 278 Å². The molecule has 2 aromatic carbocycles. The highest BCUT2D eigenvalue weighted by Gasteiger charge is 2.46. The topological polar surface area (TPSA) is 168 Å². The van der Waals surface area contributed by atoms with Gasteiger partial charge in [0.1, 0.15) is 36.2 Å². The van der Waals surface area contributed by atoms with Crippen LogP contribution >= 0.6 is 0 Å². The summed E-state index contributed by atoms with van der Waals surface area (Å²) in [4.78, 5) is 72.4. The molecule has 0 radical (unpaired) electrons. The molecule has 5 amide bonds. The zero-order chi connectivity index (χ0) is 34.1. The molecule has 1 fully saturated rings. The molecule has 48 heavy (non-hydrogen) atoms. The fourth-order valence-corrected chi connectivity index (χ4v) is 5.58. The number of ether oxygens (including phenoxy) is 2. The molecule has 252 valence electrons. The van der Waals surface area contributed by atoms with Crippen molar-refractivity contribution in [3.05, 3.63) is 90.3 Å². The van der Waals surface area contributed by atoms with Gasteiger partial charge in [-0.05, 0) is 55.8 Å². The van der Waals surface area contributed by atoms with Gasteiger partial charge in [-0.25, -0.2) is 0 Å². The van der Waals surface area contributed by atoms with E-state index in [0.29, 0.717) is 17.1 Å². The molecule has 13 heteroatoms. The molecule has 1 saturated heterocycles. The van der Waals surface area contributed by atoms with Crippen LogP contribution in [0.2, 0.25) is 0 Å². The quantitative estimate of drug-likeness (QED) is 0.307. The summed E-state index contributed by atoms with van der Waals surface area (Å²) in [6, 6.07) is 16.2. The number of fused-ring (bicyclic) bond motifs is 15. The largest absolute Gasteiger partial charge is 0.492 e. The number of carbonyl (C=O) groups is 5. The number of pyridine rings is 1. The minimum Gasteiger partial charge on any atom is -0.492 e. The average molecular weight is 657 g/mol. The van der Waals surface area contributed by atoms with Gasteiger partial charge in [0.2, 0.25) is 17.7 Å². The molecular weight excluding hydrogens is 616 g/mol. The zero-order valence-electron chi connectivity index (χ0n) is 26.9. The second-order valence-corrected chi connectivity index (χ2v) is 11.9. The molecule has 1 spiro atoms. The molecule has 2 bridgehead atoms. The number of amides is 5. The molecule has 0 aliphatic carbocycles. The number of nitrogens with zero attached hydrogens (tertiary/aromatic N) is 2. The van der Waals surface area contributed by atoms with E-state index in [0.717, 1.165) is 5.56 Å². The lowest BCUT2D eigenvalue weighted by molar-refractivity contribution is -0.143. The number of aromatic nitrogens is 1. The third-order valence-corrected chi connectivity index (χ3v) is 8.41. The second kappa shape index (κ2) is 15.4. The second-order valence-electron chi connectivity index (χ2n) is 11.9. The molecule has 6 rings (SSSR count). The van der Waals surface area contributed by atoms with E-state index in [1.54, 1.807) is 60.6 Å². The third-order valence-electron chi connectivity index (χ3n) is 8.41. The number of piperidine rings is 1. The van der Waals surface area contributed by atoms with Gasteiger partial charge in [0.15, 0.2) is 5.60 Å².